The molecular formula is C10H20N2O. The van der Waals surface area contributed by atoms with Crippen molar-refractivity contribution in [3.8, 4) is 0 Å². The minimum Gasteiger partial charge on any atom is -0.372 e. The topological polar surface area (TPSA) is 55.1 Å². The zero-order valence-corrected chi connectivity index (χ0v) is 8.55. The molecular weight excluding hydrogens is 164 g/mol. The Morgan fingerprint density at radius 1 is 1.46 bits per heavy atom. The summed E-state index contributed by atoms with van der Waals surface area (Å²) in [6.45, 7) is 5.98. The third kappa shape index (κ3) is 2.21. The molecule has 0 aromatic rings. The maximum atomic E-state index is 8.58. The molecule has 0 radical (unpaired) electrons. The minimum atomic E-state index is 0.250. The smallest absolute Gasteiger partial charge is 0.204 e. The Balaban J connectivity index is 0.000000251. The average molecular weight is 184 g/mol. The number of carbonyl (C=O) groups excluding carboxylic acids is 1. The predicted octanol–water partition coefficient (Wildman–Crippen LogP) is 0.886. The maximum Gasteiger partial charge on any atom is 0.204 e. The highest BCUT2D eigenvalue weighted by molar-refractivity contribution is 5.42. The highest BCUT2D eigenvalue weighted by Crippen LogP contribution is 2.42. The maximum absolute atomic E-state index is 8.58. The monoisotopic (exact) mass is 184 g/mol. The Morgan fingerprint density at radius 2 is 2.08 bits per heavy atom. The molecule has 2 rings (SSSR count). The predicted molar refractivity (Wildman–Crippen MR) is 53.2 cm³/mol. The lowest BCUT2D eigenvalue weighted by Crippen LogP contribution is -2.37. The molecule has 1 aliphatic carbocycles. The fourth-order valence-electron chi connectivity index (χ4n) is 2.76. The number of carbonyl (C=O) groups is 1. The molecule has 0 spiro atoms. The van der Waals surface area contributed by atoms with E-state index >= 15 is 0 Å². The SMILES string of the molecule is CC1(C)NCC2CCCC21.NC=O. The molecule has 0 bridgehead atoms. The van der Waals surface area contributed by atoms with Gasteiger partial charge < -0.3 is 11.1 Å². The third-order valence-corrected chi connectivity index (χ3v) is 3.41. The molecule has 3 heteroatoms. The molecule has 76 valence electrons. The molecule has 0 aromatic carbocycles. The molecule has 1 saturated heterocycles. The molecule has 0 aromatic heterocycles. The number of fused-ring (bicyclic) bond motifs is 1. The summed E-state index contributed by atoms with van der Waals surface area (Å²) in [7, 11) is 0. The van der Waals surface area contributed by atoms with Gasteiger partial charge in [-0.2, -0.15) is 0 Å². The van der Waals surface area contributed by atoms with Crippen molar-refractivity contribution in [3.05, 3.63) is 0 Å². The van der Waals surface area contributed by atoms with Crippen molar-refractivity contribution < 1.29 is 4.79 Å². The van der Waals surface area contributed by atoms with Crippen LogP contribution in [0.2, 0.25) is 0 Å². The van der Waals surface area contributed by atoms with Crippen molar-refractivity contribution in [2.24, 2.45) is 17.6 Å². The van der Waals surface area contributed by atoms with Gasteiger partial charge in [0.1, 0.15) is 0 Å². The zero-order chi connectivity index (χ0) is 9.90. The van der Waals surface area contributed by atoms with Crippen LogP contribution in [0, 0.1) is 11.8 Å². The second-order valence-corrected chi connectivity index (χ2v) is 4.54. The molecule has 3 N–H and O–H groups in total. The molecule has 3 nitrogen and oxygen atoms in total. The van der Waals surface area contributed by atoms with Gasteiger partial charge in [-0.25, -0.2) is 0 Å². The summed E-state index contributed by atoms with van der Waals surface area (Å²) in [6.07, 6.45) is 4.66. The zero-order valence-electron chi connectivity index (χ0n) is 8.55. The van der Waals surface area contributed by atoms with E-state index in [1.807, 2.05) is 0 Å². The Hall–Kier alpha value is -0.570. The van der Waals surface area contributed by atoms with Crippen LogP contribution in [0.25, 0.3) is 0 Å². The summed E-state index contributed by atoms with van der Waals surface area (Å²) >= 11 is 0. The van der Waals surface area contributed by atoms with Gasteiger partial charge in [-0.1, -0.05) is 6.42 Å². The van der Waals surface area contributed by atoms with Gasteiger partial charge in [0, 0.05) is 5.54 Å². The van der Waals surface area contributed by atoms with Crippen molar-refractivity contribution in [3.63, 3.8) is 0 Å². The van der Waals surface area contributed by atoms with Gasteiger partial charge in [-0.15, -0.1) is 0 Å². The first-order valence-electron chi connectivity index (χ1n) is 5.02. The van der Waals surface area contributed by atoms with E-state index in [1.54, 1.807) is 0 Å². The van der Waals surface area contributed by atoms with Crippen LogP contribution >= 0.6 is 0 Å². The highest BCUT2D eigenvalue weighted by Gasteiger charge is 2.43. The Morgan fingerprint density at radius 3 is 2.62 bits per heavy atom. The molecule has 2 atom stereocenters. The van der Waals surface area contributed by atoms with Gasteiger partial charge >= 0.3 is 0 Å². The van der Waals surface area contributed by atoms with Crippen molar-refractivity contribution in [2.75, 3.05) is 6.54 Å². The average Bonchev–Trinajstić information content (AvgIpc) is 2.57. The molecule has 1 saturated carbocycles. The quantitative estimate of drug-likeness (QED) is 0.549. The third-order valence-electron chi connectivity index (χ3n) is 3.41. The van der Waals surface area contributed by atoms with Gasteiger partial charge in [-0.3, -0.25) is 4.79 Å². The van der Waals surface area contributed by atoms with E-state index in [9.17, 15) is 0 Å². The van der Waals surface area contributed by atoms with Crippen molar-refractivity contribution in [1.82, 2.24) is 5.32 Å². The van der Waals surface area contributed by atoms with Crippen molar-refractivity contribution in [1.29, 1.82) is 0 Å². The lowest BCUT2D eigenvalue weighted by Gasteiger charge is -2.25. The van der Waals surface area contributed by atoms with Crippen LogP contribution in [0.5, 0.6) is 0 Å². The normalized spacial score (nSPS) is 34.6. The number of primary amides is 1. The van der Waals surface area contributed by atoms with Gasteiger partial charge in [0.2, 0.25) is 6.41 Å². The second-order valence-electron chi connectivity index (χ2n) is 4.54. The van der Waals surface area contributed by atoms with E-state index in [1.165, 1.54) is 25.8 Å². The van der Waals surface area contributed by atoms with Crippen molar-refractivity contribution >= 4 is 6.41 Å². The lowest BCUT2D eigenvalue weighted by atomic mass is 9.85. The van der Waals surface area contributed by atoms with E-state index in [4.69, 9.17) is 4.79 Å². The van der Waals surface area contributed by atoms with E-state index in [0.29, 0.717) is 5.54 Å². The van der Waals surface area contributed by atoms with E-state index in [-0.39, 0.29) is 6.41 Å². The first kappa shape index (κ1) is 10.5. The molecule has 13 heavy (non-hydrogen) atoms. The van der Waals surface area contributed by atoms with E-state index < -0.39 is 0 Å². The largest absolute Gasteiger partial charge is 0.372 e. The number of rotatable bonds is 0. The summed E-state index contributed by atoms with van der Waals surface area (Å²) in [6, 6.07) is 0. The van der Waals surface area contributed by atoms with Crippen LogP contribution in [0.1, 0.15) is 33.1 Å². The second kappa shape index (κ2) is 4.09. The van der Waals surface area contributed by atoms with E-state index in [0.717, 1.165) is 11.8 Å². The number of nitrogens with two attached hydrogens (primary N) is 1. The fourth-order valence-corrected chi connectivity index (χ4v) is 2.76. The Bertz CT molecular complexity index is 180. The first-order chi connectivity index (χ1) is 6.11. The van der Waals surface area contributed by atoms with Crippen LogP contribution in [-0.2, 0) is 4.79 Å². The van der Waals surface area contributed by atoms with Crippen molar-refractivity contribution in [2.45, 2.75) is 38.6 Å². The van der Waals surface area contributed by atoms with Crippen LogP contribution in [0.3, 0.4) is 0 Å². The van der Waals surface area contributed by atoms with Crippen LogP contribution in [0.4, 0.5) is 0 Å². The van der Waals surface area contributed by atoms with E-state index in [2.05, 4.69) is 24.9 Å². The van der Waals surface area contributed by atoms with Crippen LogP contribution < -0.4 is 11.1 Å². The van der Waals surface area contributed by atoms with Gasteiger partial charge in [0.15, 0.2) is 0 Å². The number of nitrogens with one attached hydrogen (secondary N) is 1. The molecule has 1 heterocycles. The van der Waals surface area contributed by atoms with Gasteiger partial charge in [0.25, 0.3) is 0 Å². The Kier molecular flexibility index (Phi) is 3.31. The number of amides is 1. The summed E-state index contributed by atoms with van der Waals surface area (Å²) in [4.78, 5) is 8.58. The van der Waals surface area contributed by atoms with Gasteiger partial charge in [0.05, 0.1) is 0 Å². The summed E-state index contributed by atoms with van der Waals surface area (Å²) < 4.78 is 0. The standard InChI is InChI=1S/C9H17N.CH3NO/c1-9(2)8-5-3-4-7(8)6-10-9;2-1-3/h7-8,10H,3-6H2,1-2H3;1H,(H2,2,3). The number of hydrogen-bond acceptors (Lipinski definition) is 2. The first-order valence-corrected chi connectivity index (χ1v) is 5.02. The Labute approximate surface area is 80.1 Å². The molecule has 2 aliphatic rings. The lowest BCUT2D eigenvalue weighted by molar-refractivity contribution is -0.106. The summed E-state index contributed by atoms with van der Waals surface area (Å²) in [5, 5.41) is 3.60. The summed E-state index contributed by atoms with van der Waals surface area (Å²) in [5.74, 6) is 1.99. The molecule has 1 aliphatic heterocycles. The minimum absolute atomic E-state index is 0.250. The van der Waals surface area contributed by atoms with Crippen LogP contribution in [0.15, 0.2) is 0 Å². The summed E-state index contributed by atoms with van der Waals surface area (Å²) in [5.41, 5.74) is 4.61. The molecule has 2 unspecified atom stereocenters. The van der Waals surface area contributed by atoms with Crippen LogP contribution in [-0.4, -0.2) is 18.5 Å². The highest BCUT2D eigenvalue weighted by atomic mass is 16.1. The fraction of sp³-hybridized carbons (Fsp3) is 0.900. The number of hydrogen-bond donors (Lipinski definition) is 2. The van der Waals surface area contributed by atoms with Gasteiger partial charge in [-0.05, 0) is 45.1 Å². The molecule has 1 amide bonds. The molecule has 2 fully saturated rings.